The Morgan fingerprint density at radius 1 is 1.11 bits per heavy atom. The molecular weight excluding hydrogens is 469 g/mol. The predicted octanol–water partition coefficient (Wildman–Crippen LogP) is 4.17. The van der Waals surface area contributed by atoms with Crippen LogP contribution < -0.4 is 16.0 Å². The number of halogens is 3. The highest BCUT2D eigenvalue weighted by atomic mass is 19.1. The molecular formula is C26H25F3N6O. The molecule has 2 aliphatic rings. The first-order chi connectivity index (χ1) is 17.4. The van der Waals surface area contributed by atoms with Crippen LogP contribution in [0.15, 0.2) is 36.5 Å². The van der Waals surface area contributed by atoms with E-state index in [1.807, 2.05) is 13.0 Å². The van der Waals surface area contributed by atoms with Crippen molar-refractivity contribution in [3.8, 4) is 22.5 Å². The molecule has 0 amide bonds. The molecule has 2 unspecified atom stereocenters. The second kappa shape index (κ2) is 8.79. The van der Waals surface area contributed by atoms with Gasteiger partial charge in [0.25, 0.3) is 0 Å². The predicted molar refractivity (Wildman–Crippen MR) is 132 cm³/mol. The van der Waals surface area contributed by atoms with Gasteiger partial charge < -0.3 is 25.7 Å². The van der Waals surface area contributed by atoms with Gasteiger partial charge in [-0.25, -0.2) is 23.1 Å². The van der Waals surface area contributed by atoms with Gasteiger partial charge in [0.1, 0.15) is 28.8 Å². The minimum atomic E-state index is -0.778. The third-order valence-electron chi connectivity index (χ3n) is 6.89. The number of nitrogens with one attached hydrogen (secondary N) is 2. The minimum absolute atomic E-state index is 0.00211. The SMILES string of the molecule is Cc1cc(F)cc(-c2cnc(N)c(-c3nc4c(F)cc(F)cc4[nH]3)c2N2CCC3NCCOC3C2)c1. The van der Waals surface area contributed by atoms with Crippen LogP contribution >= 0.6 is 0 Å². The molecule has 2 aliphatic heterocycles. The number of hydrogen-bond donors (Lipinski definition) is 3. The number of nitrogen functional groups attached to an aromatic ring is 1. The van der Waals surface area contributed by atoms with Gasteiger partial charge in [0, 0.05) is 43.5 Å². The van der Waals surface area contributed by atoms with Crippen LogP contribution in [-0.2, 0) is 4.74 Å². The number of nitrogens with two attached hydrogens (primary N) is 1. The summed E-state index contributed by atoms with van der Waals surface area (Å²) in [7, 11) is 0. The number of aromatic nitrogens is 3. The Bertz CT molecular complexity index is 1450. The Hall–Kier alpha value is -3.63. The Balaban J connectivity index is 1.57. The highest BCUT2D eigenvalue weighted by Crippen LogP contribution is 2.43. The molecule has 0 saturated carbocycles. The lowest BCUT2D eigenvalue weighted by atomic mass is 9.95. The van der Waals surface area contributed by atoms with Crippen LogP contribution in [0.1, 0.15) is 12.0 Å². The molecule has 7 nitrogen and oxygen atoms in total. The quantitative estimate of drug-likeness (QED) is 0.396. The third kappa shape index (κ3) is 3.96. The summed E-state index contributed by atoms with van der Waals surface area (Å²) in [6.07, 6.45) is 2.41. The molecule has 6 rings (SSSR count). The van der Waals surface area contributed by atoms with Gasteiger partial charge in [-0.2, -0.15) is 0 Å². The largest absolute Gasteiger partial charge is 0.383 e. The molecule has 0 radical (unpaired) electrons. The smallest absolute Gasteiger partial charge is 0.153 e. The van der Waals surface area contributed by atoms with Crippen LogP contribution in [0.2, 0.25) is 0 Å². The average molecular weight is 495 g/mol. The summed E-state index contributed by atoms with van der Waals surface area (Å²) in [6, 6.07) is 7.00. The van der Waals surface area contributed by atoms with Gasteiger partial charge in [0.05, 0.1) is 29.5 Å². The normalized spacial score (nSPS) is 20.1. The Morgan fingerprint density at radius 2 is 1.94 bits per heavy atom. The molecule has 186 valence electrons. The second-order valence-electron chi connectivity index (χ2n) is 9.37. The van der Waals surface area contributed by atoms with Crippen molar-refractivity contribution in [3.63, 3.8) is 0 Å². The molecule has 10 heteroatoms. The van der Waals surface area contributed by atoms with Crippen molar-refractivity contribution in [2.24, 2.45) is 0 Å². The molecule has 2 aromatic carbocycles. The van der Waals surface area contributed by atoms with Crippen molar-refractivity contribution >= 4 is 22.5 Å². The number of benzene rings is 2. The topological polar surface area (TPSA) is 92.1 Å². The van der Waals surface area contributed by atoms with Gasteiger partial charge in [-0.1, -0.05) is 6.07 Å². The zero-order valence-electron chi connectivity index (χ0n) is 19.6. The zero-order chi connectivity index (χ0) is 25.0. The fourth-order valence-corrected chi connectivity index (χ4v) is 5.32. The third-order valence-corrected chi connectivity index (χ3v) is 6.89. The molecule has 0 aliphatic carbocycles. The van der Waals surface area contributed by atoms with Gasteiger partial charge in [-0.3, -0.25) is 0 Å². The Morgan fingerprint density at radius 3 is 2.78 bits per heavy atom. The van der Waals surface area contributed by atoms with E-state index in [1.165, 1.54) is 18.2 Å². The van der Waals surface area contributed by atoms with Gasteiger partial charge in [0.2, 0.25) is 0 Å². The van der Waals surface area contributed by atoms with Gasteiger partial charge in [0.15, 0.2) is 5.82 Å². The lowest BCUT2D eigenvalue weighted by Crippen LogP contribution is -2.58. The molecule has 4 N–H and O–H groups in total. The maximum absolute atomic E-state index is 14.5. The van der Waals surface area contributed by atoms with Crippen molar-refractivity contribution in [2.45, 2.75) is 25.5 Å². The fourth-order valence-electron chi connectivity index (χ4n) is 5.32. The van der Waals surface area contributed by atoms with Crippen LogP contribution in [0.25, 0.3) is 33.5 Å². The van der Waals surface area contributed by atoms with Crippen molar-refractivity contribution in [1.29, 1.82) is 0 Å². The summed E-state index contributed by atoms with van der Waals surface area (Å²) < 4.78 is 48.9. The maximum atomic E-state index is 14.5. The average Bonchev–Trinajstić information content (AvgIpc) is 3.27. The number of aryl methyl sites for hydroxylation is 1. The second-order valence-corrected chi connectivity index (χ2v) is 9.37. The molecule has 2 saturated heterocycles. The minimum Gasteiger partial charge on any atom is -0.383 e. The number of nitrogens with zero attached hydrogens (tertiary/aromatic N) is 3. The van der Waals surface area contributed by atoms with E-state index in [9.17, 15) is 13.2 Å². The van der Waals surface area contributed by atoms with E-state index in [-0.39, 0.29) is 40.6 Å². The molecule has 2 atom stereocenters. The van der Waals surface area contributed by atoms with Crippen LogP contribution in [-0.4, -0.2) is 53.3 Å². The number of morpholine rings is 1. The van der Waals surface area contributed by atoms with Crippen molar-refractivity contribution in [1.82, 2.24) is 20.3 Å². The first-order valence-corrected chi connectivity index (χ1v) is 11.9. The number of fused-ring (bicyclic) bond motifs is 2. The summed E-state index contributed by atoms with van der Waals surface area (Å²) >= 11 is 0. The summed E-state index contributed by atoms with van der Waals surface area (Å²) in [5.41, 5.74) is 9.82. The number of anilines is 2. The maximum Gasteiger partial charge on any atom is 0.153 e. The fraction of sp³-hybridized carbons (Fsp3) is 0.308. The number of ether oxygens (including phenoxy) is 1. The number of aromatic amines is 1. The summed E-state index contributed by atoms with van der Waals surface area (Å²) in [5.74, 6) is -1.43. The molecule has 36 heavy (non-hydrogen) atoms. The van der Waals surface area contributed by atoms with E-state index in [2.05, 4.69) is 25.2 Å². The number of piperidine rings is 1. The van der Waals surface area contributed by atoms with Gasteiger partial charge in [-0.05, 0) is 42.7 Å². The molecule has 2 fully saturated rings. The first-order valence-electron chi connectivity index (χ1n) is 11.9. The van der Waals surface area contributed by atoms with Gasteiger partial charge in [-0.15, -0.1) is 0 Å². The van der Waals surface area contributed by atoms with E-state index < -0.39 is 11.6 Å². The number of hydrogen-bond acceptors (Lipinski definition) is 6. The van der Waals surface area contributed by atoms with E-state index in [1.54, 1.807) is 6.20 Å². The van der Waals surface area contributed by atoms with Crippen molar-refractivity contribution in [2.75, 3.05) is 36.9 Å². The Kier molecular flexibility index (Phi) is 5.57. The van der Waals surface area contributed by atoms with Crippen LogP contribution in [0.4, 0.5) is 24.7 Å². The van der Waals surface area contributed by atoms with Crippen LogP contribution in [0.3, 0.4) is 0 Å². The highest BCUT2D eigenvalue weighted by molar-refractivity contribution is 5.95. The summed E-state index contributed by atoms with van der Waals surface area (Å²) in [5, 5.41) is 3.51. The van der Waals surface area contributed by atoms with Crippen molar-refractivity contribution in [3.05, 3.63) is 59.5 Å². The summed E-state index contributed by atoms with van der Waals surface area (Å²) in [4.78, 5) is 14.0. The molecule has 0 spiro atoms. The van der Waals surface area contributed by atoms with Crippen LogP contribution in [0.5, 0.6) is 0 Å². The zero-order valence-corrected chi connectivity index (χ0v) is 19.6. The van der Waals surface area contributed by atoms with Crippen molar-refractivity contribution < 1.29 is 17.9 Å². The lowest BCUT2D eigenvalue weighted by molar-refractivity contribution is -0.00899. The van der Waals surface area contributed by atoms with E-state index in [0.717, 1.165) is 24.6 Å². The number of H-pyrrole nitrogens is 1. The highest BCUT2D eigenvalue weighted by Gasteiger charge is 2.35. The van der Waals surface area contributed by atoms with E-state index >= 15 is 0 Å². The molecule has 4 heterocycles. The first kappa shape index (κ1) is 22.8. The standard InChI is InChI=1S/C26H25F3N6O/c1-13-6-14(8-15(27)7-13)17-11-32-25(30)22(26-33-20-10-16(28)9-18(29)23(20)34-26)24(17)35-4-2-19-21(12-35)36-5-3-31-19/h6-11,19,21,31H,2-5,12H2,1H3,(H2,30,32)(H,33,34). The van der Waals surface area contributed by atoms with E-state index in [0.29, 0.717) is 42.1 Å². The number of imidazole rings is 1. The Labute approximate surface area is 205 Å². The monoisotopic (exact) mass is 494 g/mol. The number of rotatable bonds is 3. The molecule has 4 aromatic rings. The summed E-state index contributed by atoms with van der Waals surface area (Å²) in [6.45, 7) is 4.49. The van der Waals surface area contributed by atoms with E-state index in [4.69, 9.17) is 10.5 Å². The van der Waals surface area contributed by atoms with Gasteiger partial charge >= 0.3 is 0 Å². The number of pyridine rings is 1. The van der Waals surface area contributed by atoms with Crippen LogP contribution in [0, 0.1) is 24.4 Å². The molecule has 0 bridgehead atoms. The molecule has 2 aromatic heterocycles. The lowest BCUT2D eigenvalue weighted by Gasteiger charge is -2.43.